The van der Waals surface area contributed by atoms with Crippen LogP contribution >= 0.6 is 0 Å². The molecule has 10 atom stereocenters. The maximum atomic E-state index is 15.0. The molecule has 35 heteroatoms. The lowest BCUT2D eigenvalue weighted by Crippen LogP contribution is -2.61. The molecule has 4 aromatic carbocycles. The number of unbranched alkanes of at least 4 members (excludes halogenated alkanes) is 2. The fourth-order valence-electron chi connectivity index (χ4n) is 13.9. The number of carbonyl (C=O) groups excluding carboxylic acids is 8. The van der Waals surface area contributed by atoms with Crippen molar-refractivity contribution >= 4 is 76.3 Å². The summed E-state index contributed by atoms with van der Waals surface area (Å²) in [7, 11) is 2.86. The maximum absolute atomic E-state index is 15.0. The summed E-state index contributed by atoms with van der Waals surface area (Å²) in [6, 6.07) is 13.9. The number of aliphatic carboxylic acids is 1. The Morgan fingerprint density at radius 3 is 1.94 bits per heavy atom. The van der Waals surface area contributed by atoms with E-state index in [1.807, 2.05) is 24.3 Å². The number of hydrogen-bond donors (Lipinski definition) is 10. The smallest absolute Gasteiger partial charge is 0.416 e. The van der Waals surface area contributed by atoms with Crippen LogP contribution < -0.4 is 55.7 Å². The average molecular weight is 1570 g/mol. The zero-order chi connectivity index (χ0) is 80.3. The van der Waals surface area contributed by atoms with Gasteiger partial charge in [0.25, 0.3) is 11.8 Å². The first-order chi connectivity index (χ1) is 53.9. The van der Waals surface area contributed by atoms with Crippen LogP contribution in [-0.2, 0) is 81.4 Å². The monoisotopic (exact) mass is 1570 g/mol. The molecule has 112 heavy (non-hydrogen) atoms. The van der Waals surface area contributed by atoms with Crippen molar-refractivity contribution in [3.8, 4) is 23.0 Å². The Balaban J connectivity index is 0.845. The molecular formula is C77H101N9O26. The second kappa shape index (κ2) is 39.6. The fraction of sp³-hybridized carbons (Fsp3) is 0.545. The standard InChI is InChI=1S/C77H101N9O26/c1-7-21-109-75(99)84-40-50-32-46-13-9-10-14-47(46)39-83(50)70(94)51-34-58(101-5)60(36-55(51)84)107-22-11-8-12-23-108-61-37-56-52(35-59(61)102-6)71(95)85-43-77(18-19-77)38-57(85)72(96)86(56)76(100)111-41-48-15-16-49(33-53(48)81-62(88)17-24-103-26-28-105-30-31-106-29-27-104-25-20-78)80-68(92)54(82-69(93)63(44(2)3)79-45(4)87)42-110-74-66(91)64(89)65(90)67(112-74)73(97)98/h7,9-10,13-16,33-37,44,50,54,57,63-67,72,74,89-91,96H,1,8,11-12,17-32,38-43,78H2,2-6H3,(H,79,87)(H,80,92)(H,81,88)(H,82,93)(H,97,98)/t50-,54-,57-,63-,64-,65-,66+,67-,72-,74+/m0/s1. The summed E-state index contributed by atoms with van der Waals surface area (Å²) in [5.74, 6) is -5.23. The number of aliphatic hydroxyl groups excluding tert-OH is 4. The number of fused-ring (bicyclic) bond motifs is 5. The quantitative estimate of drug-likeness (QED) is 0.0226. The molecule has 8 amide bonds. The van der Waals surface area contributed by atoms with Crippen molar-refractivity contribution in [3.63, 3.8) is 0 Å². The topological polar surface area (TPSA) is 453 Å². The molecule has 0 aromatic heterocycles. The van der Waals surface area contributed by atoms with Crippen molar-refractivity contribution in [2.24, 2.45) is 17.1 Å². The van der Waals surface area contributed by atoms with E-state index in [4.69, 9.17) is 62.6 Å². The summed E-state index contributed by atoms with van der Waals surface area (Å²) in [4.78, 5) is 130. The van der Waals surface area contributed by atoms with E-state index in [0.29, 0.717) is 89.6 Å². The van der Waals surface area contributed by atoms with Crippen LogP contribution in [0.5, 0.6) is 23.0 Å². The number of nitrogens with one attached hydrogen (secondary N) is 4. The third kappa shape index (κ3) is 21.1. The molecule has 610 valence electrons. The molecule has 0 radical (unpaired) electrons. The number of nitrogens with two attached hydrogens (primary N) is 1. The van der Waals surface area contributed by atoms with Crippen molar-refractivity contribution in [3.05, 3.63) is 107 Å². The second-order valence-corrected chi connectivity index (χ2v) is 28.3. The molecule has 35 nitrogen and oxygen atoms in total. The van der Waals surface area contributed by atoms with Gasteiger partial charge in [0.05, 0.1) is 134 Å². The third-order valence-electron chi connectivity index (χ3n) is 20.0. The van der Waals surface area contributed by atoms with Gasteiger partial charge in [-0.15, -0.1) is 0 Å². The van der Waals surface area contributed by atoms with Crippen LogP contribution in [0.25, 0.3) is 0 Å². The summed E-state index contributed by atoms with van der Waals surface area (Å²) < 4.78 is 68.8. The van der Waals surface area contributed by atoms with Crippen LogP contribution in [0.3, 0.4) is 0 Å². The highest BCUT2D eigenvalue weighted by atomic mass is 16.7. The van der Waals surface area contributed by atoms with Gasteiger partial charge in [-0.1, -0.05) is 56.8 Å². The summed E-state index contributed by atoms with van der Waals surface area (Å²) >= 11 is 0. The van der Waals surface area contributed by atoms with Crippen molar-refractivity contribution in [2.45, 2.75) is 146 Å². The van der Waals surface area contributed by atoms with Crippen LogP contribution in [-0.4, -0.2) is 263 Å². The van der Waals surface area contributed by atoms with Crippen molar-refractivity contribution in [1.29, 1.82) is 0 Å². The molecule has 3 fully saturated rings. The number of anilines is 4. The lowest BCUT2D eigenvalue weighted by molar-refractivity contribution is -0.294. The molecule has 1 aliphatic carbocycles. The molecule has 0 unspecified atom stereocenters. The SMILES string of the molecule is C=CCOC(=O)N1C[C@@H]2Cc3ccccc3CN2C(=O)c2cc(OC)c(OCCCCCOc3cc4c(cc3OC)C(=O)N3CC5(CC5)C[C@H]3[C@H](O)N4C(=O)OCc3ccc(NC(=O)[C@H](CO[C@@H]4O[C@H](C(=O)O)[C@@H](O)[C@H](O)[C@H]4O)NC(=O)[C@@H](NC(C)=O)C(C)C)cc3NC(=O)CCOCCOCCOCCOCCN)cc21. The minimum absolute atomic E-state index is 0.00229. The Morgan fingerprint density at radius 2 is 1.32 bits per heavy atom. The first-order valence-corrected chi connectivity index (χ1v) is 37.3. The minimum Gasteiger partial charge on any atom is -0.493 e. The van der Waals surface area contributed by atoms with E-state index in [9.17, 15) is 63.9 Å². The third-order valence-corrected chi connectivity index (χ3v) is 20.0. The molecule has 11 N–H and O–H groups in total. The van der Waals surface area contributed by atoms with E-state index in [-0.39, 0.29) is 128 Å². The molecule has 5 aliphatic heterocycles. The molecule has 1 spiro atoms. The van der Waals surface area contributed by atoms with Gasteiger partial charge >= 0.3 is 18.2 Å². The average Bonchev–Trinajstić information content (AvgIpc) is 1.56. The number of carbonyl (C=O) groups is 9. The van der Waals surface area contributed by atoms with E-state index in [0.717, 1.165) is 28.9 Å². The van der Waals surface area contributed by atoms with Crippen molar-refractivity contribution in [1.82, 2.24) is 20.4 Å². The van der Waals surface area contributed by atoms with Crippen LogP contribution in [0.15, 0.2) is 79.4 Å². The van der Waals surface area contributed by atoms with E-state index in [1.54, 1.807) is 35.8 Å². The highest BCUT2D eigenvalue weighted by molar-refractivity contribution is 6.07. The Morgan fingerprint density at radius 1 is 0.696 bits per heavy atom. The first kappa shape index (κ1) is 84.7. The molecule has 4 aromatic rings. The van der Waals surface area contributed by atoms with E-state index in [1.165, 1.54) is 62.5 Å². The van der Waals surface area contributed by atoms with Gasteiger partial charge in [-0.2, -0.15) is 0 Å². The van der Waals surface area contributed by atoms with Gasteiger partial charge in [0.1, 0.15) is 43.6 Å². The maximum Gasteiger partial charge on any atom is 0.416 e. The summed E-state index contributed by atoms with van der Waals surface area (Å²) in [6.07, 6.45) is -8.44. The molecule has 2 saturated heterocycles. The lowest BCUT2D eigenvalue weighted by atomic mass is 9.93. The number of carboxylic acids is 1. The molecule has 5 heterocycles. The van der Waals surface area contributed by atoms with Crippen LogP contribution in [0.2, 0.25) is 0 Å². The van der Waals surface area contributed by atoms with Crippen molar-refractivity contribution in [2.75, 3.05) is 134 Å². The zero-order valence-corrected chi connectivity index (χ0v) is 63.3. The van der Waals surface area contributed by atoms with Gasteiger partial charge in [0, 0.05) is 55.6 Å². The number of nitrogens with zero attached hydrogens (tertiary/aromatic N) is 4. The number of benzene rings is 4. The second-order valence-electron chi connectivity index (χ2n) is 28.3. The van der Waals surface area contributed by atoms with Gasteiger partial charge in [0.2, 0.25) is 23.6 Å². The van der Waals surface area contributed by atoms with E-state index >= 15 is 4.79 Å². The molecule has 6 aliphatic rings. The van der Waals surface area contributed by atoms with Gasteiger partial charge in [-0.25, -0.2) is 19.3 Å². The summed E-state index contributed by atoms with van der Waals surface area (Å²) in [6.45, 7) is 10.0. The summed E-state index contributed by atoms with van der Waals surface area (Å²) in [5, 5.41) is 64.2. The van der Waals surface area contributed by atoms with Crippen LogP contribution in [0.1, 0.15) is 103 Å². The number of carboxylic acid groups (broad SMARTS) is 1. The Bertz CT molecular complexity index is 4010. The fourth-order valence-corrected chi connectivity index (χ4v) is 13.9. The van der Waals surface area contributed by atoms with Crippen LogP contribution in [0, 0.1) is 11.3 Å². The van der Waals surface area contributed by atoms with Crippen LogP contribution in [0.4, 0.5) is 32.3 Å². The highest BCUT2D eigenvalue weighted by Crippen LogP contribution is 2.57. The van der Waals surface area contributed by atoms with E-state index in [2.05, 4.69) is 27.8 Å². The molecule has 0 bridgehead atoms. The van der Waals surface area contributed by atoms with Gasteiger partial charge in [-0.3, -0.25) is 33.7 Å². The summed E-state index contributed by atoms with van der Waals surface area (Å²) in [5.41, 5.74) is 7.84. The van der Waals surface area contributed by atoms with Gasteiger partial charge in [-0.05, 0) is 91.7 Å². The first-order valence-electron chi connectivity index (χ1n) is 37.3. The largest absolute Gasteiger partial charge is 0.493 e. The predicted molar refractivity (Wildman–Crippen MR) is 399 cm³/mol. The number of amides is 8. The minimum atomic E-state index is -2.08. The normalized spacial score (nSPS) is 21.1. The molecular weight excluding hydrogens is 1470 g/mol. The number of hydrogen-bond acceptors (Lipinski definition) is 26. The Kier molecular flexibility index (Phi) is 29.9. The van der Waals surface area contributed by atoms with Gasteiger partial charge < -0.3 is 119 Å². The Labute approximate surface area is 647 Å². The highest BCUT2D eigenvalue weighted by Gasteiger charge is 2.58. The molecule has 10 rings (SSSR count). The number of methoxy groups -OCH3 is 2. The predicted octanol–water partition coefficient (Wildman–Crippen LogP) is 3.36. The lowest BCUT2D eigenvalue weighted by Gasteiger charge is -2.38. The number of ether oxygens (including phenoxy) is 12. The number of aliphatic hydroxyl groups is 4. The number of rotatable bonds is 39. The zero-order valence-electron chi connectivity index (χ0n) is 63.3. The molecule has 1 saturated carbocycles. The van der Waals surface area contributed by atoms with Crippen molar-refractivity contribution < 1.29 is 126 Å². The van der Waals surface area contributed by atoms with E-state index < -0.39 is 122 Å². The Hall–Kier alpha value is -9.79. The van der Waals surface area contributed by atoms with Gasteiger partial charge in [0.15, 0.2) is 41.6 Å².